The number of aromatic nitrogens is 2. The van der Waals surface area contributed by atoms with E-state index in [1.165, 1.54) is 5.56 Å². The molecular weight excluding hydrogens is 392 g/mol. The molecule has 2 aliphatic heterocycles. The van der Waals surface area contributed by atoms with Gasteiger partial charge in [0.15, 0.2) is 0 Å². The van der Waals surface area contributed by atoms with Crippen LogP contribution in [0.2, 0.25) is 0 Å². The molecule has 0 aliphatic carbocycles. The van der Waals surface area contributed by atoms with Crippen LogP contribution in [0.4, 0.5) is 0 Å². The molecule has 1 amide bonds. The molecule has 2 aromatic heterocycles. The zero-order valence-corrected chi connectivity index (χ0v) is 18.0. The van der Waals surface area contributed by atoms with Gasteiger partial charge in [0.2, 0.25) is 0 Å². The number of rotatable bonds is 3. The first-order chi connectivity index (χ1) is 15.1. The van der Waals surface area contributed by atoms with E-state index >= 15 is 0 Å². The second-order valence-electron chi connectivity index (χ2n) is 8.78. The van der Waals surface area contributed by atoms with Gasteiger partial charge in [-0.25, -0.2) is 0 Å². The molecule has 3 aromatic rings. The van der Waals surface area contributed by atoms with Gasteiger partial charge in [0, 0.05) is 52.6 Å². The Balaban J connectivity index is 1.68. The number of benzene rings is 1. The van der Waals surface area contributed by atoms with Crippen molar-refractivity contribution < 1.29 is 14.6 Å². The van der Waals surface area contributed by atoms with Crippen molar-refractivity contribution in [3.8, 4) is 5.75 Å². The first kappa shape index (κ1) is 20.0. The summed E-state index contributed by atoms with van der Waals surface area (Å²) in [6, 6.07) is 9.16. The fourth-order valence-electron chi connectivity index (χ4n) is 5.34. The van der Waals surface area contributed by atoms with E-state index in [-0.39, 0.29) is 17.9 Å². The lowest BCUT2D eigenvalue weighted by molar-refractivity contribution is 0.0362. The number of aromatic amines is 1. The van der Waals surface area contributed by atoms with E-state index in [0.717, 1.165) is 48.3 Å². The standard InChI is InChI=1S/C24H28N4O3/c1-27-11-7-24(8-12-27)15-28(23(30)16-5-9-25-10-6-16)20(14-29)22-21(24)18-4-3-17(31-2)13-19(18)26-22/h3-6,9-10,13,20,26,29H,7-8,11-12,14-15H2,1-2H3/t20-/m1/s1. The molecule has 5 rings (SSSR count). The van der Waals surface area contributed by atoms with Gasteiger partial charge in [0.05, 0.1) is 19.8 Å². The number of nitrogens with zero attached hydrogens (tertiary/aromatic N) is 3. The summed E-state index contributed by atoms with van der Waals surface area (Å²) >= 11 is 0. The predicted octanol–water partition coefficient (Wildman–Crippen LogP) is 2.72. The van der Waals surface area contributed by atoms with Crippen LogP contribution in [0, 0.1) is 0 Å². The first-order valence-corrected chi connectivity index (χ1v) is 10.8. The van der Waals surface area contributed by atoms with Gasteiger partial charge in [-0.3, -0.25) is 9.78 Å². The number of hydrogen-bond acceptors (Lipinski definition) is 5. The minimum absolute atomic E-state index is 0.0679. The Bertz CT molecular complexity index is 1100. The van der Waals surface area contributed by atoms with Crippen LogP contribution in [-0.4, -0.2) is 71.2 Å². The van der Waals surface area contributed by atoms with Gasteiger partial charge in [0.25, 0.3) is 5.91 Å². The number of nitrogens with one attached hydrogen (secondary N) is 1. The highest BCUT2D eigenvalue weighted by molar-refractivity contribution is 5.95. The Hall–Kier alpha value is -2.90. The highest BCUT2D eigenvalue weighted by atomic mass is 16.5. The number of hydrogen-bond donors (Lipinski definition) is 2. The van der Waals surface area contributed by atoms with E-state index in [9.17, 15) is 9.90 Å². The lowest BCUT2D eigenvalue weighted by Crippen LogP contribution is -2.54. The maximum Gasteiger partial charge on any atom is 0.254 e. The van der Waals surface area contributed by atoms with Gasteiger partial charge in [0.1, 0.15) is 5.75 Å². The fraction of sp³-hybridized carbons (Fsp3) is 0.417. The van der Waals surface area contributed by atoms with Gasteiger partial charge >= 0.3 is 0 Å². The number of amides is 1. The maximum absolute atomic E-state index is 13.5. The number of aliphatic hydroxyl groups is 1. The number of methoxy groups -OCH3 is 1. The number of aliphatic hydroxyl groups excluding tert-OH is 1. The molecular formula is C24H28N4O3. The third-order valence-electron chi connectivity index (χ3n) is 7.05. The van der Waals surface area contributed by atoms with E-state index in [2.05, 4.69) is 28.0 Å². The number of piperidine rings is 1. The van der Waals surface area contributed by atoms with E-state index in [4.69, 9.17) is 4.74 Å². The van der Waals surface area contributed by atoms with E-state index in [1.807, 2.05) is 17.0 Å². The molecule has 31 heavy (non-hydrogen) atoms. The largest absolute Gasteiger partial charge is 0.497 e. The van der Waals surface area contributed by atoms with Crippen LogP contribution in [0.1, 0.15) is 40.5 Å². The Labute approximate surface area is 181 Å². The minimum Gasteiger partial charge on any atom is -0.497 e. The highest BCUT2D eigenvalue weighted by Gasteiger charge is 2.48. The lowest BCUT2D eigenvalue weighted by atomic mass is 9.68. The molecule has 2 N–H and O–H groups in total. The first-order valence-electron chi connectivity index (χ1n) is 10.8. The van der Waals surface area contributed by atoms with Crippen molar-refractivity contribution in [3.63, 3.8) is 0 Å². The molecule has 0 unspecified atom stereocenters. The minimum atomic E-state index is -0.417. The van der Waals surface area contributed by atoms with Crippen molar-refractivity contribution in [2.24, 2.45) is 0 Å². The van der Waals surface area contributed by atoms with E-state index < -0.39 is 6.04 Å². The smallest absolute Gasteiger partial charge is 0.254 e. The maximum atomic E-state index is 13.5. The molecule has 2 aliphatic rings. The zero-order chi connectivity index (χ0) is 21.6. The molecule has 1 atom stereocenters. The molecule has 0 radical (unpaired) electrons. The summed E-state index contributed by atoms with van der Waals surface area (Å²) in [5.74, 6) is 0.718. The lowest BCUT2D eigenvalue weighted by Gasteiger charge is -2.49. The van der Waals surface area contributed by atoms with E-state index in [1.54, 1.807) is 31.6 Å². The average Bonchev–Trinajstić information content (AvgIpc) is 3.20. The quantitative estimate of drug-likeness (QED) is 0.681. The molecule has 4 heterocycles. The van der Waals surface area contributed by atoms with Crippen molar-refractivity contribution in [1.82, 2.24) is 19.8 Å². The Morgan fingerprint density at radius 3 is 2.68 bits per heavy atom. The van der Waals surface area contributed by atoms with Gasteiger partial charge in [-0.1, -0.05) is 0 Å². The Morgan fingerprint density at radius 2 is 2.00 bits per heavy atom. The summed E-state index contributed by atoms with van der Waals surface area (Å²) in [6.45, 7) is 2.41. The monoisotopic (exact) mass is 420 g/mol. The molecule has 0 saturated carbocycles. The summed E-state index contributed by atoms with van der Waals surface area (Å²) in [5.41, 5.74) is 3.64. The summed E-state index contributed by atoms with van der Waals surface area (Å²) in [5, 5.41) is 11.6. The molecule has 7 nitrogen and oxygen atoms in total. The number of ether oxygens (including phenoxy) is 1. The molecule has 1 aromatic carbocycles. The van der Waals surface area contributed by atoms with Crippen LogP contribution in [0.5, 0.6) is 5.75 Å². The molecule has 1 saturated heterocycles. The second kappa shape index (κ2) is 7.66. The molecule has 0 bridgehead atoms. The second-order valence-corrected chi connectivity index (χ2v) is 8.78. The van der Waals surface area contributed by atoms with Crippen LogP contribution >= 0.6 is 0 Å². The van der Waals surface area contributed by atoms with Crippen molar-refractivity contribution >= 4 is 16.8 Å². The number of likely N-dealkylation sites (tertiary alicyclic amines) is 1. The van der Waals surface area contributed by atoms with Gasteiger partial charge in [-0.2, -0.15) is 0 Å². The molecule has 1 spiro atoms. The molecule has 162 valence electrons. The fourth-order valence-corrected chi connectivity index (χ4v) is 5.34. The topological polar surface area (TPSA) is 81.7 Å². The van der Waals surface area contributed by atoms with Crippen molar-refractivity contribution in [1.29, 1.82) is 0 Å². The van der Waals surface area contributed by atoms with Crippen molar-refractivity contribution in [3.05, 3.63) is 59.5 Å². The van der Waals surface area contributed by atoms with Crippen LogP contribution in [-0.2, 0) is 5.41 Å². The van der Waals surface area contributed by atoms with Gasteiger partial charge < -0.3 is 24.6 Å². The number of carbonyl (C=O) groups excluding carboxylic acids is 1. The summed E-state index contributed by atoms with van der Waals surface area (Å²) in [4.78, 5) is 25.3. The van der Waals surface area contributed by atoms with Crippen LogP contribution in [0.25, 0.3) is 10.9 Å². The van der Waals surface area contributed by atoms with E-state index in [0.29, 0.717) is 12.1 Å². The number of carbonyl (C=O) groups is 1. The van der Waals surface area contributed by atoms with Gasteiger partial charge in [-0.15, -0.1) is 0 Å². The Kier molecular flexibility index (Phi) is 4.95. The van der Waals surface area contributed by atoms with Crippen LogP contribution in [0.15, 0.2) is 42.7 Å². The molecule has 7 heteroatoms. The van der Waals surface area contributed by atoms with Crippen LogP contribution < -0.4 is 4.74 Å². The summed E-state index contributed by atoms with van der Waals surface area (Å²) in [6.07, 6.45) is 5.20. The predicted molar refractivity (Wildman–Crippen MR) is 118 cm³/mol. The number of pyridine rings is 1. The number of fused-ring (bicyclic) bond motifs is 4. The summed E-state index contributed by atoms with van der Waals surface area (Å²) in [7, 11) is 3.81. The highest BCUT2D eigenvalue weighted by Crippen LogP contribution is 2.49. The van der Waals surface area contributed by atoms with Crippen molar-refractivity contribution in [2.75, 3.05) is 40.4 Å². The third-order valence-corrected chi connectivity index (χ3v) is 7.05. The number of H-pyrrole nitrogens is 1. The molecule has 1 fully saturated rings. The summed E-state index contributed by atoms with van der Waals surface area (Å²) < 4.78 is 5.43. The average molecular weight is 421 g/mol. The Morgan fingerprint density at radius 1 is 1.26 bits per heavy atom. The van der Waals surface area contributed by atoms with Crippen molar-refractivity contribution in [2.45, 2.75) is 24.3 Å². The zero-order valence-electron chi connectivity index (χ0n) is 18.0. The SMILES string of the molecule is COc1ccc2c3c([nH]c2c1)[C@@H](CO)N(C(=O)c1ccncc1)CC31CCN(C)CC1. The van der Waals surface area contributed by atoms with Gasteiger partial charge in [-0.05, 0) is 62.8 Å². The normalized spacial score (nSPS) is 20.7. The van der Waals surface area contributed by atoms with Crippen LogP contribution in [0.3, 0.4) is 0 Å². The third kappa shape index (κ3) is 3.20.